The van der Waals surface area contributed by atoms with Crippen LogP contribution >= 0.6 is 0 Å². The van der Waals surface area contributed by atoms with Crippen molar-refractivity contribution >= 4 is 5.91 Å². The van der Waals surface area contributed by atoms with E-state index in [2.05, 4.69) is 17.1 Å². The van der Waals surface area contributed by atoms with Gasteiger partial charge in [-0.05, 0) is 43.5 Å². The van der Waals surface area contributed by atoms with Crippen LogP contribution in [0.1, 0.15) is 38.2 Å². The molecule has 0 radical (unpaired) electrons. The van der Waals surface area contributed by atoms with E-state index in [4.69, 9.17) is 9.47 Å². The van der Waals surface area contributed by atoms with Crippen molar-refractivity contribution in [1.82, 2.24) is 10.2 Å². The van der Waals surface area contributed by atoms with Crippen LogP contribution in [0.25, 0.3) is 0 Å². The van der Waals surface area contributed by atoms with Crippen LogP contribution < -0.4 is 14.8 Å². The third-order valence-corrected chi connectivity index (χ3v) is 4.49. The van der Waals surface area contributed by atoms with Crippen molar-refractivity contribution < 1.29 is 14.3 Å². The molecule has 2 heterocycles. The number of hydrogen-bond donors (Lipinski definition) is 1. The average Bonchev–Trinajstić information content (AvgIpc) is 3.01. The van der Waals surface area contributed by atoms with Gasteiger partial charge in [-0.25, -0.2) is 0 Å². The van der Waals surface area contributed by atoms with Crippen LogP contribution in [0.3, 0.4) is 0 Å². The fourth-order valence-electron chi connectivity index (χ4n) is 3.22. The largest absolute Gasteiger partial charge is 0.454 e. The molecule has 1 fully saturated rings. The summed E-state index contributed by atoms with van der Waals surface area (Å²) in [4.78, 5) is 14.5. The highest BCUT2D eigenvalue weighted by Gasteiger charge is 2.22. The molecule has 1 N–H and O–H groups in total. The number of piperidine rings is 1. The fraction of sp³-hybridized carbons (Fsp3) is 0.588. The molecule has 0 spiro atoms. The van der Waals surface area contributed by atoms with Crippen molar-refractivity contribution in [3.05, 3.63) is 23.8 Å². The Balaban J connectivity index is 1.49. The van der Waals surface area contributed by atoms with Crippen molar-refractivity contribution in [3.8, 4) is 11.5 Å². The molecule has 0 aliphatic carbocycles. The number of ether oxygens (including phenoxy) is 2. The molecule has 0 aromatic heterocycles. The summed E-state index contributed by atoms with van der Waals surface area (Å²) in [6.07, 6.45) is 4.82. The lowest BCUT2D eigenvalue weighted by atomic mass is 10.00. The number of nitrogens with zero attached hydrogens (tertiary/aromatic N) is 1. The maximum absolute atomic E-state index is 12.2. The normalized spacial score (nSPS) is 20.9. The van der Waals surface area contributed by atoms with Gasteiger partial charge >= 0.3 is 0 Å². The van der Waals surface area contributed by atoms with Gasteiger partial charge in [0, 0.05) is 12.6 Å². The van der Waals surface area contributed by atoms with E-state index in [1.165, 1.54) is 19.3 Å². The number of hydrogen-bond acceptors (Lipinski definition) is 4. The Morgan fingerprint density at radius 2 is 2.18 bits per heavy atom. The Morgan fingerprint density at radius 3 is 3.05 bits per heavy atom. The number of rotatable bonds is 5. The molecule has 1 aromatic carbocycles. The van der Waals surface area contributed by atoms with Gasteiger partial charge in [0.05, 0.1) is 6.54 Å². The number of nitrogens with one attached hydrogen (secondary N) is 1. The quantitative estimate of drug-likeness (QED) is 0.907. The molecule has 1 saturated heterocycles. The number of likely N-dealkylation sites (tertiary alicyclic amines) is 1. The Kier molecular flexibility index (Phi) is 4.83. The van der Waals surface area contributed by atoms with Crippen LogP contribution in [0.2, 0.25) is 0 Å². The Bertz CT molecular complexity index is 533. The lowest BCUT2D eigenvalue weighted by Gasteiger charge is -2.34. The molecule has 5 heteroatoms. The summed E-state index contributed by atoms with van der Waals surface area (Å²) >= 11 is 0. The van der Waals surface area contributed by atoms with Crippen molar-refractivity contribution in [2.24, 2.45) is 0 Å². The molecule has 1 unspecified atom stereocenters. The Hall–Kier alpha value is -1.75. The second-order valence-corrected chi connectivity index (χ2v) is 5.99. The standard InChI is InChI=1S/C17H24N2O3/c1-2-14-5-3-4-8-19(14)11-17(20)18-10-13-6-7-15-16(9-13)22-12-21-15/h6-7,9,14H,2-5,8,10-12H2,1H3,(H,18,20). The van der Waals surface area contributed by atoms with Gasteiger partial charge in [-0.1, -0.05) is 19.4 Å². The van der Waals surface area contributed by atoms with Crippen molar-refractivity contribution in [3.63, 3.8) is 0 Å². The number of benzene rings is 1. The van der Waals surface area contributed by atoms with Gasteiger partial charge in [0.2, 0.25) is 12.7 Å². The maximum Gasteiger partial charge on any atom is 0.234 e. The zero-order valence-corrected chi connectivity index (χ0v) is 13.1. The minimum absolute atomic E-state index is 0.0954. The van der Waals surface area contributed by atoms with Gasteiger partial charge in [0.15, 0.2) is 11.5 Å². The van der Waals surface area contributed by atoms with Crippen molar-refractivity contribution in [2.75, 3.05) is 19.9 Å². The highest BCUT2D eigenvalue weighted by Crippen LogP contribution is 2.32. The predicted octanol–water partition coefficient (Wildman–Crippen LogP) is 2.30. The monoisotopic (exact) mass is 304 g/mol. The molecule has 120 valence electrons. The first-order valence-corrected chi connectivity index (χ1v) is 8.15. The predicted molar refractivity (Wildman–Crippen MR) is 83.9 cm³/mol. The van der Waals surface area contributed by atoms with Gasteiger partial charge in [0.25, 0.3) is 0 Å². The summed E-state index contributed by atoms with van der Waals surface area (Å²) in [5.41, 5.74) is 1.03. The van der Waals surface area contributed by atoms with Gasteiger partial charge in [-0.3, -0.25) is 9.69 Å². The van der Waals surface area contributed by atoms with E-state index < -0.39 is 0 Å². The highest BCUT2D eigenvalue weighted by molar-refractivity contribution is 5.78. The van der Waals surface area contributed by atoms with Crippen LogP contribution in [0.15, 0.2) is 18.2 Å². The molecule has 2 aliphatic rings. The lowest BCUT2D eigenvalue weighted by Crippen LogP contribution is -2.45. The number of carbonyl (C=O) groups excluding carboxylic acids is 1. The summed E-state index contributed by atoms with van der Waals surface area (Å²) in [5.74, 6) is 1.63. The first-order chi connectivity index (χ1) is 10.8. The third kappa shape index (κ3) is 3.53. The molecule has 3 rings (SSSR count). The second kappa shape index (κ2) is 7.01. The molecule has 22 heavy (non-hydrogen) atoms. The molecular weight excluding hydrogens is 280 g/mol. The Labute approximate surface area is 131 Å². The first-order valence-electron chi connectivity index (χ1n) is 8.15. The van der Waals surface area contributed by atoms with Crippen LogP contribution in [0, 0.1) is 0 Å². The molecule has 1 aromatic rings. The number of fused-ring (bicyclic) bond motifs is 1. The topological polar surface area (TPSA) is 50.8 Å². The van der Waals surface area contributed by atoms with E-state index in [1.54, 1.807) is 0 Å². The maximum atomic E-state index is 12.2. The van der Waals surface area contributed by atoms with Crippen LogP contribution in [-0.2, 0) is 11.3 Å². The van der Waals surface area contributed by atoms with Crippen LogP contribution in [0.4, 0.5) is 0 Å². The summed E-state index contributed by atoms with van der Waals surface area (Å²) in [5, 5.41) is 3.01. The van der Waals surface area contributed by atoms with E-state index in [0.29, 0.717) is 19.1 Å². The van der Waals surface area contributed by atoms with E-state index in [9.17, 15) is 4.79 Å². The molecule has 5 nitrogen and oxygen atoms in total. The minimum Gasteiger partial charge on any atom is -0.454 e. The van der Waals surface area contributed by atoms with Gasteiger partial charge in [-0.15, -0.1) is 0 Å². The summed E-state index contributed by atoms with van der Waals surface area (Å²) in [7, 11) is 0. The molecular formula is C17H24N2O3. The summed E-state index contributed by atoms with van der Waals surface area (Å²) < 4.78 is 10.6. The van der Waals surface area contributed by atoms with Crippen molar-refractivity contribution in [2.45, 2.75) is 45.2 Å². The molecule has 2 aliphatic heterocycles. The number of amides is 1. The smallest absolute Gasteiger partial charge is 0.234 e. The van der Waals surface area contributed by atoms with E-state index >= 15 is 0 Å². The number of carbonyl (C=O) groups is 1. The van der Waals surface area contributed by atoms with E-state index in [0.717, 1.165) is 30.0 Å². The summed E-state index contributed by atoms with van der Waals surface area (Å²) in [6, 6.07) is 6.34. The zero-order chi connectivity index (χ0) is 15.4. The minimum atomic E-state index is 0.0954. The lowest BCUT2D eigenvalue weighted by molar-refractivity contribution is -0.123. The molecule has 0 saturated carbocycles. The SMILES string of the molecule is CCC1CCCCN1CC(=O)NCc1ccc2c(c1)OCO2. The van der Waals surface area contributed by atoms with E-state index in [1.807, 2.05) is 18.2 Å². The zero-order valence-electron chi connectivity index (χ0n) is 13.1. The van der Waals surface area contributed by atoms with Crippen molar-refractivity contribution in [1.29, 1.82) is 0 Å². The first kappa shape index (κ1) is 15.2. The Morgan fingerprint density at radius 1 is 1.32 bits per heavy atom. The van der Waals surface area contributed by atoms with Crippen LogP contribution in [-0.4, -0.2) is 36.7 Å². The van der Waals surface area contributed by atoms with Gasteiger partial charge in [-0.2, -0.15) is 0 Å². The average molecular weight is 304 g/mol. The second-order valence-electron chi connectivity index (χ2n) is 5.99. The fourth-order valence-corrected chi connectivity index (χ4v) is 3.22. The van der Waals surface area contributed by atoms with Gasteiger partial charge < -0.3 is 14.8 Å². The van der Waals surface area contributed by atoms with E-state index in [-0.39, 0.29) is 12.7 Å². The summed E-state index contributed by atoms with van der Waals surface area (Å²) in [6.45, 7) is 4.55. The van der Waals surface area contributed by atoms with Crippen LogP contribution in [0.5, 0.6) is 11.5 Å². The third-order valence-electron chi connectivity index (χ3n) is 4.49. The molecule has 0 bridgehead atoms. The highest BCUT2D eigenvalue weighted by atomic mass is 16.7. The molecule has 1 atom stereocenters. The molecule has 1 amide bonds. The van der Waals surface area contributed by atoms with Gasteiger partial charge in [0.1, 0.15) is 0 Å².